The summed E-state index contributed by atoms with van der Waals surface area (Å²) in [6.45, 7) is 0. The quantitative estimate of drug-likeness (QED) is 0.928. The van der Waals surface area contributed by atoms with Crippen LogP contribution in [0.5, 0.6) is 0 Å². The molecule has 2 aromatic rings. The lowest BCUT2D eigenvalue weighted by Gasteiger charge is -2.09. The number of halogens is 3. The number of amides is 1. The highest BCUT2D eigenvalue weighted by Crippen LogP contribution is 2.26. The predicted molar refractivity (Wildman–Crippen MR) is 78.9 cm³/mol. The summed E-state index contributed by atoms with van der Waals surface area (Å²) >= 11 is 5.89. The van der Waals surface area contributed by atoms with Gasteiger partial charge in [-0.15, -0.1) is 0 Å². The Labute approximate surface area is 130 Å². The zero-order valence-corrected chi connectivity index (χ0v) is 12.8. The number of sulfone groups is 1. The van der Waals surface area contributed by atoms with E-state index in [0.717, 1.165) is 24.5 Å². The molecular weight excluding hydrogens is 336 g/mol. The number of carbonyl (C=O) groups is 1. The molecule has 116 valence electrons. The predicted octanol–water partition coefficient (Wildman–Crippen LogP) is 3.27. The molecule has 0 atom stereocenters. The Morgan fingerprint density at radius 3 is 2.36 bits per heavy atom. The maximum atomic E-state index is 13.1. The monoisotopic (exact) mass is 345 g/mol. The number of anilines is 1. The summed E-state index contributed by atoms with van der Waals surface area (Å²) in [6.07, 6.45) is 1.01. The maximum absolute atomic E-state index is 13.1. The fraction of sp³-hybridized carbons (Fsp3) is 0.0714. The molecular formula is C14H10ClF2NO3S. The molecule has 0 bridgehead atoms. The van der Waals surface area contributed by atoms with Crippen molar-refractivity contribution in [3.05, 3.63) is 58.6 Å². The van der Waals surface area contributed by atoms with E-state index in [1.165, 1.54) is 18.2 Å². The molecule has 0 aliphatic rings. The van der Waals surface area contributed by atoms with E-state index >= 15 is 0 Å². The Morgan fingerprint density at radius 2 is 1.77 bits per heavy atom. The molecule has 2 aromatic carbocycles. The van der Waals surface area contributed by atoms with Crippen LogP contribution in [0.2, 0.25) is 5.02 Å². The van der Waals surface area contributed by atoms with Gasteiger partial charge in [-0.1, -0.05) is 11.6 Å². The summed E-state index contributed by atoms with van der Waals surface area (Å²) < 4.78 is 48.9. The first-order valence-corrected chi connectivity index (χ1v) is 8.21. The summed E-state index contributed by atoms with van der Waals surface area (Å²) in [5.74, 6) is -2.98. The van der Waals surface area contributed by atoms with Gasteiger partial charge in [0.05, 0.1) is 15.6 Å². The molecule has 0 unspecified atom stereocenters. The van der Waals surface area contributed by atoms with Crippen LogP contribution in [0, 0.1) is 11.6 Å². The highest BCUT2D eigenvalue weighted by Gasteiger charge is 2.14. The normalized spacial score (nSPS) is 11.3. The fourth-order valence-electron chi connectivity index (χ4n) is 1.66. The van der Waals surface area contributed by atoms with Crippen LogP contribution < -0.4 is 5.32 Å². The van der Waals surface area contributed by atoms with E-state index in [0.29, 0.717) is 0 Å². The summed E-state index contributed by atoms with van der Waals surface area (Å²) in [5.41, 5.74) is -0.0703. The third-order valence-corrected chi connectivity index (χ3v) is 4.24. The summed E-state index contributed by atoms with van der Waals surface area (Å²) in [5, 5.41) is 2.48. The van der Waals surface area contributed by atoms with Gasteiger partial charge < -0.3 is 5.32 Å². The van der Waals surface area contributed by atoms with E-state index in [1.54, 1.807) is 0 Å². The summed E-state index contributed by atoms with van der Waals surface area (Å²) in [4.78, 5) is 12.0. The minimum Gasteiger partial charge on any atom is -0.321 e. The van der Waals surface area contributed by atoms with Crippen molar-refractivity contribution in [2.24, 2.45) is 0 Å². The summed E-state index contributed by atoms with van der Waals surface area (Å²) in [7, 11) is -3.47. The van der Waals surface area contributed by atoms with Crippen LogP contribution in [0.4, 0.5) is 14.5 Å². The highest BCUT2D eigenvalue weighted by molar-refractivity contribution is 7.90. The van der Waals surface area contributed by atoms with Gasteiger partial charge in [0.15, 0.2) is 21.5 Å². The van der Waals surface area contributed by atoms with Crippen molar-refractivity contribution in [1.82, 2.24) is 0 Å². The van der Waals surface area contributed by atoms with Gasteiger partial charge in [-0.2, -0.15) is 0 Å². The van der Waals surface area contributed by atoms with Crippen LogP contribution in [-0.2, 0) is 9.84 Å². The lowest BCUT2D eigenvalue weighted by atomic mass is 10.2. The molecule has 0 saturated carbocycles. The lowest BCUT2D eigenvalue weighted by Crippen LogP contribution is -2.13. The standard InChI is InChI=1S/C14H10ClF2NO3S/c1-22(20,21)9-3-4-10(15)13(7-9)18-14(19)8-2-5-11(16)12(17)6-8/h2-7H,1H3,(H,18,19). The van der Waals surface area contributed by atoms with Gasteiger partial charge in [0.2, 0.25) is 0 Å². The van der Waals surface area contributed by atoms with Crippen molar-refractivity contribution in [2.45, 2.75) is 4.90 Å². The van der Waals surface area contributed by atoms with Gasteiger partial charge in [-0.05, 0) is 36.4 Å². The van der Waals surface area contributed by atoms with Gasteiger partial charge in [0.1, 0.15) is 0 Å². The Balaban J connectivity index is 2.33. The molecule has 0 aromatic heterocycles. The minimum atomic E-state index is -3.47. The van der Waals surface area contributed by atoms with E-state index in [-0.39, 0.29) is 21.2 Å². The molecule has 8 heteroatoms. The lowest BCUT2D eigenvalue weighted by molar-refractivity contribution is 0.102. The van der Waals surface area contributed by atoms with E-state index < -0.39 is 27.4 Å². The smallest absolute Gasteiger partial charge is 0.255 e. The third kappa shape index (κ3) is 3.61. The molecule has 2 rings (SSSR count). The molecule has 0 spiro atoms. The van der Waals surface area contributed by atoms with Gasteiger partial charge in [-0.3, -0.25) is 4.79 Å². The van der Waals surface area contributed by atoms with Crippen molar-refractivity contribution >= 4 is 33.0 Å². The summed E-state index contributed by atoms with van der Waals surface area (Å²) in [6, 6.07) is 6.46. The highest BCUT2D eigenvalue weighted by atomic mass is 35.5. The largest absolute Gasteiger partial charge is 0.321 e. The van der Waals surface area contributed by atoms with Crippen LogP contribution in [-0.4, -0.2) is 20.6 Å². The molecule has 22 heavy (non-hydrogen) atoms. The number of carbonyl (C=O) groups excluding carboxylic acids is 1. The Kier molecular flexibility index (Phi) is 4.48. The van der Waals surface area contributed by atoms with Crippen molar-refractivity contribution in [3.8, 4) is 0 Å². The van der Waals surface area contributed by atoms with Crippen LogP contribution >= 0.6 is 11.6 Å². The number of hydrogen-bond acceptors (Lipinski definition) is 3. The molecule has 0 aliphatic heterocycles. The number of hydrogen-bond donors (Lipinski definition) is 1. The Hall–Kier alpha value is -1.99. The second-order valence-corrected chi connectivity index (χ2v) is 6.92. The molecule has 4 nitrogen and oxygen atoms in total. The van der Waals surface area contributed by atoms with Crippen LogP contribution in [0.15, 0.2) is 41.3 Å². The van der Waals surface area contributed by atoms with E-state index in [4.69, 9.17) is 11.6 Å². The molecule has 1 amide bonds. The van der Waals surface area contributed by atoms with E-state index in [1.807, 2.05) is 0 Å². The molecule has 0 radical (unpaired) electrons. The van der Waals surface area contributed by atoms with Gasteiger partial charge in [0, 0.05) is 11.8 Å². The number of benzene rings is 2. The Morgan fingerprint density at radius 1 is 1.09 bits per heavy atom. The number of rotatable bonds is 3. The molecule has 0 heterocycles. The zero-order valence-electron chi connectivity index (χ0n) is 11.2. The zero-order chi connectivity index (χ0) is 16.5. The first-order chi connectivity index (χ1) is 10.2. The third-order valence-electron chi connectivity index (χ3n) is 2.80. The fourth-order valence-corrected chi connectivity index (χ4v) is 2.47. The van der Waals surface area contributed by atoms with Crippen LogP contribution in [0.25, 0.3) is 0 Å². The Bertz CT molecular complexity index is 853. The maximum Gasteiger partial charge on any atom is 0.255 e. The molecule has 0 saturated heterocycles. The molecule has 0 aliphatic carbocycles. The second kappa shape index (κ2) is 6.02. The van der Waals surface area contributed by atoms with Crippen LogP contribution in [0.3, 0.4) is 0 Å². The topological polar surface area (TPSA) is 63.2 Å². The van der Waals surface area contributed by atoms with Gasteiger partial charge in [-0.25, -0.2) is 17.2 Å². The molecule has 1 N–H and O–H groups in total. The van der Waals surface area contributed by atoms with Crippen LogP contribution in [0.1, 0.15) is 10.4 Å². The van der Waals surface area contributed by atoms with Crippen molar-refractivity contribution in [1.29, 1.82) is 0 Å². The number of nitrogens with one attached hydrogen (secondary N) is 1. The van der Waals surface area contributed by atoms with E-state index in [2.05, 4.69) is 5.32 Å². The average molecular weight is 346 g/mol. The molecule has 0 fully saturated rings. The van der Waals surface area contributed by atoms with Gasteiger partial charge in [0.25, 0.3) is 5.91 Å². The van der Waals surface area contributed by atoms with E-state index in [9.17, 15) is 22.0 Å². The van der Waals surface area contributed by atoms with Crippen molar-refractivity contribution in [2.75, 3.05) is 11.6 Å². The first kappa shape index (κ1) is 16.4. The second-order valence-electron chi connectivity index (χ2n) is 4.50. The average Bonchev–Trinajstić information content (AvgIpc) is 2.43. The first-order valence-electron chi connectivity index (χ1n) is 5.94. The van der Waals surface area contributed by atoms with Crippen molar-refractivity contribution < 1.29 is 22.0 Å². The SMILES string of the molecule is CS(=O)(=O)c1ccc(Cl)c(NC(=O)c2ccc(F)c(F)c2)c1. The minimum absolute atomic E-state index is 0.0301. The van der Waals surface area contributed by atoms with Gasteiger partial charge >= 0.3 is 0 Å². The van der Waals surface area contributed by atoms with Crippen molar-refractivity contribution in [3.63, 3.8) is 0 Å².